The van der Waals surface area contributed by atoms with Crippen LogP contribution in [-0.4, -0.2) is 23.5 Å². The lowest BCUT2D eigenvalue weighted by Gasteiger charge is -2.07. The third-order valence-electron chi connectivity index (χ3n) is 3.85. The van der Waals surface area contributed by atoms with E-state index in [1.54, 1.807) is 0 Å². The minimum absolute atomic E-state index is 0.120. The Kier molecular flexibility index (Phi) is 6.38. The van der Waals surface area contributed by atoms with Gasteiger partial charge in [0.25, 0.3) is 0 Å². The fourth-order valence-electron chi connectivity index (χ4n) is 2.48. The maximum absolute atomic E-state index is 12.0. The number of anilines is 1. The fraction of sp³-hybridized carbons (Fsp3) is 0.250. The smallest absolute Gasteiger partial charge is 0.407 e. The normalized spacial score (nSPS) is 10.6. The molecule has 0 spiro atoms. The molecule has 0 fully saturated rings. The first-order valence-corrected chi connectivity index (χ1v) is 9.53. The molecule has 0 bridgehead atoms. The van der Waals surface area contributed by atoms with Crippen molar-refractivity contribution >= 4 is 38.7 Å². The minimum atomic E-state index is -0.485. The molecule has 6 nitrogen and oxygen atoms in total. The lowest BCUT2D eigenvalue weighted by atomic mass is 10.2. The summed E-state index contributed by atoms with van der Waals surface area (Å²) in [5.41, 5.74) is 2.97. The predicted molar refractivity (Wildman–Crippen MR) is 107 cm³/mol. The summed E-state index contributed by atoms with van der Waals surface area (Å²) >= 11 is 1.46. The van der Waals surface area contributed by atoms with E-state index in [0.29, 0.717) is 24.5 Å². The number of hydrogen-bond donors (Lipinski definition) is 2. The lowest BCUT2D eigenvalue weighted by Crippen LogP contribution is -2.26. The Balaban J connectivity index is 1.34. The highest BCUT2D eigenvalue weighted by molar-refractivity contribution is 7.22. The van der Waals surface area contributed by atoms with Crippen LogP contribution in [0.3, 0.4) is 0 Å². The van der Waals surface area contributed by atoms with E-state index in [4.69, 9.17) is 4.74 Å². The van der Waals surface area contributed by atoms with E-state index in [2.05, 4.69) is 15.6 Å². The Morgan fingerprint density at radius 3 is 2.78 bits per heavy atom. The van der Waals surface area contributed by atoms with Gasteiger partial charge in [-0.1, -0.05) is 47.7 Å². The maximum Gasteiger partial charge on any atom is 0.407 e. The molecular weight excluding hydrogens is 362 g/mol. The second-order valence-corrected chi connectivity index (χ2v) is 7.16. The zero-order chi connectivity index (χ0) is 19.1. The minimum Gasteiger partial charge on any atom is -0.445 e. The molecule has 0 aliphatic carbocycles. The number of benzene rings is 2. The Labute approximate surface area is 161 Å². The van der Waals surface area contributed by atoms with Crippen molar-refractivity contribution in [2.45, 2.75) is 26.4 Å². The van der Waals surface area contributed by atoms with Crippen LogP contribution in [0.1, 0.15) is 24.0 Å². The largest absolute Gasteiger partial charge is 0.445 e. The van der Waals surface area contributed by atoms with E-state index >= 15 is 0 Å². The molecule has 2 N–H and O–H groups in total. The number of ether oxygens (including phenoxy) is 1. The Morgan fingerprint density at radius 2 is 1.96 bits per heavy atom. The topological polar surface area (TPSA) is 80.3 Å². The van der Waals surface area contributed by atoms with Crippen molar-refractivity contribution in [3.05, 3.63) is 59.7 Å². The summed E-state index contributed by atoms with van der Waals surface area (Å²) in [4.78, 5) is 28.1. The van der Waals surface area contributed by atoms with Gasteiger partial charge in [-0.25, -0.2) is 9.78 Å². The molecular formula is C20H21N3O3S. The number of amides is 2. The van der Waals surface area contributed by atoms with Gasteiger partial charge in [0.1, 0.15) is 6.61 Å². The van der Waals surface area contributed by atoms with Crippen molar-refractivity contribution in [1.29, 1.82) is 0 Å². The van der Waals surface area contributed by atoms with Gasteiger partial charge < -0.3 is 15.4 Å². The fourth-order valence-corrected chi connectivity index (χ4v) is 3.46. The van der Waals surface area contributed by atoms with Gasteiger partial charge in [0.15, 0.2) is 5.13 Å². The average molecular weight is 383 g/mol. The number of rotatable bonds is 7. The van der Waals surface area contributed by atoms with Crippen LogP contribution < -0.4 is 10.6 Å². The van der Waals surface area contributed by atoms with Crippen LogP contribution in [0.4, 0.5) is 9.93 Å². The van der Waals surface area contributed by atoms with E-state index in [0.717, 1.165) is 21.3 Å². The van der Waals surface area contributed by atoms with E-state index in [1.807, 2.05) is 55.5 Å². The molecule has 3 rings (SSSR count). The second kappa shape index (κ2) is 9.14. The summed E-state index contributed by atoms with van der Waals surface area (Å²) in [6, 6.07) is 15.5. The van der Waals surface area contributed by atoms with Crippen LogP contribution in [0.25, 0.3) is 10.2 Å². The van der Waals surface area contributed by atoms with Crippen molar-refractivity contribution in [3.8, 4) is 0 Å². The number of thiazole rings is 1. The van der Waals surface area contributed by atoms with Crippen LogP contribution in [0.5, 0.6) is 0 Å². The molecule has 27 heavy (non-hydrogen) atoms. The van der Waals surface area contributed by atoms with Crippen LogP contribution >= 0.6 is 11.3 Å². The van der Waals surface area contributed by atoms with E-state index in [1.165, 1.54) is 11.3 Å². The monoisotopic (exact) mass is 383 g/mol. The molecule has 0 radical (unpaired) electrons. The molecule has 0 saturated heterocycles. The quantitative estimate of drug-likeness (QED) is 0.598. The van der Waals surface area contributed by atoms with Crippen molar-refractivity contribution < 1.29 is 14.3 Å². The molecule has 1 aromatic heterocycles. The summed E-state index contributed by atoms with van der Waals surface area (Å²) in [5.74, 6) is -0.120. The molecule has 1 heterocycles. The first-order valence-electron chi connectivity index (χ1n) is 8.72. The standard InChI is InChI=1S/C20H21N3O3S/c1-14-9-10-16-17(12-14)27-19(22-16)23-18(24)8-5-11-21-20(25)26-13-15-6-3-2-4-7-15/h2-4,6-7,9-10,12H,5,8,11,13H2,1H3,(H,21,25)(H,22,23,24). The van der Waals surface area contributed by atoms with Gasteiger partial charge in [-0.15, -0.1) is 0 Å². The molecule has 140 valence electrons. The number of carbonyl (C=O) groups excluding carboxylic acids is 2. The van der Waals surface area contributed by atoms with Gasteiger partial charge in [0.2, 0.25) is 5.91 Å². The van der Waals surface area contributed by atoms with E-state index < -0.39 is 6.09 Å². The average Bonchev–Trinajstić information content (AvgIpc) is 3.05. The summed E-state index contributed by atoms with van der Waals surface area (Å²) in [5, 5.41) is 6.05. The van der Waals surface area contributed by atoms with Crippen molar-refractivity contribution in [1.82, 2.24) is 10.3 Å². The molecule has 3 aromatic rings. The van der Waals surface area contributed by atoms with E-state index in [9.17, 15) is 9.59 Å². The molecule has 2 amide bonds. The Hall–Kier alpha value is -2.93. The highest BCUT2D eigenvalue weighted by atomic mass is 32.1. The lowest BCUT2D eigenvalue weighted by molar-refractivity contribution is -0.116. The van der Waals surface area contributed by atoms with Crippen molar-refractivity contribution in [2.24, 2.45) is 0 Å². The Bertz CT molecular complexity index is 925. The highest BCUT2D eigenvalue weighted by Gasteiger charge is 2.08. The number of fused-ring (bicyclic) bond motifs is 1. The molecule has 2 aromatic carbocycles. The number of carbonyl (C=O) groups is 2. The summed E-state index contributed by atoms with van der Waals surface area (Å²) in [6.45, 7) is 2.62. The van der Waals surface area contributed by atoms with Gasteiger partial charge in [-0.3, -0.25) is 4.79 Å². The number of nitrogens with one attached hydrogen (secondary N) is 2. The molecule has 0 saturated carbocycles. The number of aromatic nitrogens is 1. The van der Waals surface area contributed by atoms with Gasteiger partial charge >= 0.3 is 6.09 Å². The van der Waals surface area contributed by atoms with Gasteiger partial charge in [0.05, 0.1) is 10.2 Å². The van der Waals surface area contributed by atoms with Gasteiger partial charge in [-0.2, -0.15) is 0 Å². The molecule has 0 aliphatic heterocycles. The number of hydrogen-bond acceptors (Lipinski definition) is 5. The van der Waals surface area contributed by atoms with Crippen LogP contribution in [0.2, 0.25) is 0 Å². The number of alkyl carbamates (subject to hydrolysis) is 1. The molecule has 0 unspecified atom stereocenters. The SMILES string of the molecule is Cc1ccc2nc(NC(=O)CCCNC(=O)OCc3ccccc3)sc2c1. The predicted octanol–water partition coefficient (Wildman–Crippen LogP) is 4.25. The second-order valence-electron chi connectivity index (χ2n) is 6.13. The maximum atomic E-state index is 12.0. The zero-order valence-corrected chi connectivity index (χ0v) is 15.8. The summed E-state index contributed by atoms with van der Waals surface area (Å²) < 4.78 is 6.16. The summed E-state index contributed by atoms with van der Waals surface area (Å²) in [7, 11) is 0. The third-order valence-corrected chi connectivity index (χ3v) is 4.79. The number of aryl methyl sites for hydroxylation is 1. The first kappa shape index (κ1) is 18.8. The van der Waals surface area contributed by atoms with Gasteiger partial charge in [0, 0.05) is 13.0 Å². The van der Waals surface area contributed by atoms with Gasteiger partial charge in [-0.05, 0) is 36.6 Å². The number of nitrogens with zero attached hydrogens (tertiary/aromatic N) is 1. The van der Waals surface area contributed by atoms with Crippen LogP contribution in [0, 0.1) is 6.92 Å². The van der Waals surface area contributed by atoms with E-state index in [-0.39, 0.29) is 12.5 Å². The molecule has 7 heteroatoms. The first-order chi connectivity index (χ1) is 13.1. The highest BCUT2D eigenvalue weighted by Crippen LogP contribution is 2.26. The molecule has 0 atom stereocenters. The van der Waals surface area contributed by atoms with Crippen molar-refractivity contribution in [2.75, 3.05) is 11.9 Å². The zero-order valence-electron chi connectivity index (χ0n) is 15.0. The van der Waals surface area contributed by atoms with Crippen LogP contribution in [0.15, 0.2) is 48.5 Å². The third kappa shape index (κ3) is 5.79. The van der Waals surface area contributed by atoms with Crippen LogP contribution in [-0.2, 0) is 16.1 Å². The van der Waals surface area contributed by atoms with Crippen molar-refractivity contribution in [3.63, 3.8) is 0 Å². The summed E-state index contributed by atoms with van der Waals surface area (Å²) in [6.07, 6.45) is 0.338. The molecule has 0 aliphatic rings. The Morgan fingerprint density at radius 1 is 1.15 bits per heavy atom.